The van der Waals surface area contributed by atoms with Crippen LogP contribution in [-0.2, 0) is 14.8 Å². The molecule has 0 spiro atoms. The highest BCUT2D eigenvalue weighted by atomic mass is 32.2. The number of benzene rings is 1. The van der Waals surface area contributed by atoms with Crippen molar-refractivity contribution in [1.29, 1.82) is 0 Å². The molecule has 1 aromatic rings. The fourth-order valence-corrected chi connectivity index (χ4v) is 3.53. The van der Waals surface area contributed by atoms with Gasteiger partial charge in [-0.25, -0.2) is 13.4 Å². The molecule has 1 heterocycles. The van der Waals surface area contributed by atoms with Crippen molar-refractivity contribution in [2.24, 2.45) is 4.99 Å². The Morgan fingerprint density at radius 3 is 2.47 bits per heavy atom. The van der Waals surface area contributed by atoms with Gasteiger partial charge in [-0.1, -0.05) is 32.0 Å². The van der Waals surface area contributed by atoms with Gasteiger partial charge in [-0.15, -0.1) is 0 Å². The summed E-state index contributed by atoms with van der Waals surface area (Å²) in [6, 6.07) is 9.33. The van der Waals surface area contributed by atoms with Crippen LogP contribution < -0.4 is 0 Å². The SMILES string of the molecule is CCN(CC)S(=O)(=O)C1CN=C(c2ccccc2)O1. The average Bonchev–Trinajstić information content (AvgIpc) is 2.91. The Bertz CT molecular complexity index is 551. The molecule has 1 atom stereocenters. The lowest BCUT2D eigenvalue weighted by molar-refractivity contribution is 0.280. The summed E-state index contributed by atoms with van der Waals surface area (Å²) in [7, 11) is -3.45. The smallest absolute Gasteiger partial charge is 0.254 e. The minimum Gasteiger partial charge on any atom is -0.454 e. The summed E-state index contributed by atoms with van der Waals surface area (Å²) in [5, 5.41) is 0. The van der Waals surface area contributed by atoms with Crippen molar-refractivity contribution in [2.45, 2.75) is 19.3 Å². The van der Waals surface area contributed by atoms with E-state index in [2.05, 4.69) is 4.99 Å². The third-order valence-electron chi connectivity index (χ3n) is 3.05. The molecule has 1 unspecified atom stereocenters. The molecule has 0 N–H and O–H groups in total. The first-order chi connectivity index (χ1) is 9.09. The molecule has 0 radical (unpaired) electrons. The van der Waals surface area contributed by atoms with Gasteiger partial charge in [0.2, 0.25) is 11.3 Å². The third-order valence-corrected chi connectivity index (χ3v) is 5.19. The van der Waals surface area contributed by atoms with Crippen LogP contribution in [0.4, 0.5) is 0 Å². The van der Waals surface area contributed by atoms with Gasteiger partial charge in [-0.05, 0) is 12.1 Å². The van der Waals surface area contributed by atoms with Gasteiger partial charge in [0.1, 0.15) is 0 Å². The molecule has 0 aromatic heterocycles. The number of hydrogen-bond donors (Lipinski definition) is 0. The molecule has 0 fully saturated rings. The molecular weight excluding hydrogens is 264 g/mol. The molecule has 0 saturated heterocycles. The molecule has 0 amide bonds. The predicted molar refractivity (Wildman–Crippen MR) is 74.6 cm³/mol. The van der Waals surface area contributed by atoms with Crippen molar-refractivity contribution in [3.05, 3.63) is 35.9 Å². The highest BCUT2D eigenvalue weighted by molar-refractivity contribution is 7.89. The maximum Gasteiger partial charge on any atom is 0.254 e. The maximum absolute atomic E-state index is 12.3. The van der Waals surface area contributed by atoms with E-state index in [-0.39, 0.29) is 6.54 Å². The first kappa shape index (κ1) is 14.0. The number of ether oxygens (including phenoxy) is 1. The van der Waals surface area contributed by atoms with Gasteiger partial charge in [0, 0.05) is 18.7 Å². The lowest BCUT2D eigenvalue weighted by Crippen LogP contribution is -2.40. The second kappa shape index (κ2) is 5.71. The Kier molecular flexibility index (Phi) is 4.21. The van der Waals surface area contributed by atoms with Crippen LogP contribution in [0.2, 0.25) is 0 Å². The molecule has 5 nitrogen and oxygen atoms in total. The average molecular weight is 282 g/mol. The van der Waals surface area contributed by atoms with E-state index >= 15 is 0 Å². The zero-order chi connectivity index (χ0) is 13.9. The largest absolute Gasteiger partial charge is 0.454 e. The highest BCUT2D eigenvalue weighted by Gasteiger charge is 2.36. The molecule has 1 aromatic carbocycles. The van der Waals surface area contributed by atoms with Gasteiger partial charge in [-0.3, -0.25) is 0 Å². The van der Waals surface area contributed by atoms with Crippen LogP contribution >= 0.6 is 0 Å². The van der Waals surface area contributed by atoms with Crippen LogP contribution in [0.15, 0.2) is 35.3 Å². The quantitative estimate of drug-likeness (QED) is 0.821. The van der Waals surface area contributed by atoms with E-state index in [1.165, 1.54) is 4.31 Å². The van der Waals surface area contributed by atoms with E-state index in [1.54, 1.807) is 0 Å². The fraction of sp³-hybridized carbons (Fsp3) is 0.462. The Hall–Kier alpha value is -1.40. The highest BCUT2D eigenvalue weighted by Crippen LogP contribution is 2.19. The van der Waals surface area contributed by atoms with Crippen molar-refractivity contribution in [3.8, 4) is 0 Å². The van der Waals surface area contributed by atoms with Crippen molar-refractivity contribution >= 4 is 15.9 Å². The normalized spacial score (nSPS) is 19.3. The Balaban J connectivity index is 2.13. The van der Waals surface area contributed by atoms with Crippen molar-refractivity contribution in [3.63, 3.8) is 0 Å². The number of nitrogens with zero attached hydrogens (tertiary/aromatic N) is 2. The predicted octanol–water partition coefficient (Wildman–Crippen LogP) is 1.46. The summed E-state index contributed by atoms with van der Waals surface area (Å²) in [4.78, 5) is 4.19. The van der Waals surface area contributed by atoms with E-state index < -0.39 is 15.5 Å². The van der Waals surface area contributed by atoms with Gasteiger partial charge in [-0.2, -0.15) is 4.31 Å². The topological polar surface area (TPSA) is 59.0 Å². The summed E-state index contributed by atoms with van der Waals surface area (Å²) in [5.41, 5.74) is -0.0950. The summed E-state index contributed by atoms with van der Waals surface area (Å²) in [6.07, 6.45) is 0. The zero-order valence-corrected chi connectivity index (χ0v) is 11.9. The fourth-order valence-electron chi connectivity index (χ4n) is 2.00. The first-order valence-electron chi connectivity index (χ1n) is 6.35. The number of sulfonamides is 1. The lowest BCUT2D eigenvalue weighted by Gasteiger charge is -2.22. The number of aliphatic imine (C=N–C) groups is 1. The van der Waals surface area contributed by atoms with Gasteiger partial charge < -0.3 is 4.74 Å². The van der Waals surface area contributed by atoms with E-state index in [0.717, 1.165) is 5.56 Å². The third kappa shape index (κ3) is 2.79. The van der Waals surface area contributed by atoms with Crippen LogP contribution in [0.25, 0.3) is 0 Å². The molecule has 0 aliphatic carbocycles. The van der Waals surface area contributed by atoms with Crippen LogP contribution in [0.5, 0.6) is 0 Å². The van der Waals surface area contributed by atoms with Crippen molar-refractivity contribution in [2.75, 3.05) is 19.6 Å². The Morgan fingerprint density at radius 2 is 1.89 bits per heavy atom. The van der Waals surface area contributed by atoms with Crippen LogP contribution in [0, 0.1) is 0 Å². The summed E-state index contributed by atoms with van der Waals surface area (Å²) in [5.74, 6) is 0.404. The van der Waals surface area contributed by atoms with Crippen molar-refractivity contribution < 1.29 is 13.2 Å². The van der Waals surface area contributed by atoms with Gasteiger partial charge in [0.25, 0.3) is 10.0 Å². The second-order valence-corrected chi connectivity index (χ2v) is 6.26. The van der Waals surface area contributed by atoms with E-state index in [9.17, 15) is 8.42 Å². The Morgan fingerprint density at radius 1 is 1.26 bits per heavy atom. The molecule has 0 saturated carbocycles. The maximum atomic E-state index is 12.3. The molecular formula is C13H18N2O3S. The molecule has 0 bridgehead atoms. The van der Waals surface area contributed by atoms with E-state index in [4.69, 9.17) is 4.74 Å². The molecule has 1 aliphatic rings. The monoisotopic (exact) mass is 282 g/mol. The molecule has 19 heavy (non-hydrogen) atoms. The Labute approximate surface area is 114 Å². The minimum atomic E-state index is -3.45. The summed E-state index contributed by atoms with van der Waals surface area (Å²) < 4.78 is 31.5. The zero-order valence-electron chi connectivity index (χ0n) is 11.1. The standard InChI is InChI=1S/C13H18N2O3S/c1-3-15(4-2)19(16,17)12-10-14-13(18-12)11-8-6-5-7-9-11/h5-9,12H,3-4,10H2,1-2H3. The lowest BCUT2D eigenvalue weighted by atomic mass is 10.2. The number of hydrogen-bond acceptors (Lipinski definition) is 4. The van der Waals surface area contributed by atoms with E-state index in [0.29, 0.717) is 19.0 Å². The molecule has 1 aliphatic heterocycles. The van der Waals surface area contributed by atoms with Crippen LogP contribution in [0.3, 0.4) is 0 Å². The van der Waals surface area contributed by atoms with Crippen molar-refractivity contribution in [1.82, 2.24) is 4.31 Å². The minimum absolute atomic E-state index is 0.156. The molecule has 2 rings (SSSR count). The first-order valence-corrected chi connectivity index (χ1v) is 7.85. The van der Waals surface area contributed by atoms with Gasteiger partial charge in [0.05, 0.1) is 6.54 Å². The van der Waals surface area contributed by atoms with Gasteiger partial charge in [0.15, 0.2) is 0 Å². The number of rotatable bonds is 5. The van der Waals surface area contributed by atoms with Crippen LogP contribution in [-0.4, -0.2) is 43.7 Å². The van der Waals surface area contributed by atoms with Crippen LogP contribution in [0.1, 0.15) is 19.4 Å². The molecule has 6 heteroatoms. The van der Waals surface area contributed by atoms with Gasteiger partial charge >= 0.3 is 0 Å². The van der Waals surface area contributed by atoms with E-state index in [1.807, 2.05) is 44.2 Å². The summed E-state index contributed by atoms with van der Waals surface area (Å²) in [6.45, 7) is 4.67. The second-order valence-electron chi connectivity index (χ2n) is 4.19. The summed E-state index contributed by atoms with van der Waals surface area (Å²) >= 11 is 0. The molecule has 104 valence electrons.